The minimum atomic E-state index is 0.781. The van der Waals surface area contributed by atoms with Gasteiger partial charge in [0, 0.05) is 6.04 Å². The van der Waals surface area contributed by atoms with Crippen molar-refractivity contribution in [1.82, 2.24) is 5.32 Å². The van der Waals surface area contributed by atoms with Crippen molar-refractivity contribution in [2.24, 2.45) is 11.8 Å². The summed E-state index contributed by atoms with van der Waals surface area (Å²) in [6.45, 7) is 3.67. The SMILES string of the molecule is C[C@H](NCC1CCC1)C1CCCC1. The van der Waals surface area contributed by atoms with Crippen LogP contribution < -0.4 is 5.32 Å². The van der Waals surface area contributed by atoms with Gasteiger partial charge in [-0.15, -0.1) is 0 Å². The molecule has 0 aliphatic heterocycles. The van der Waals surface area contributed by atoms with Gasteiger partial charge in [-0.2, -0.15) is 0 Å². The molecule has 0 aromatic heterocycles. The molecule has 0 unspecified atom stereocenters. The van der Waals surface area contributed by atoms with Gasteiger partial charge in [0.1, 0.15) is 0 Å². The normalized spacial score (nSPS) is 27.5. The number of hydrogen-bond acceptors (Lipinski definition) is 1. The number of rotatable bonds is 4. The van der Waals surface area contributed by atoms with Crippen LogP contribution in [0.5, 0.6) is 0 Å². The largest absolute Gasteiger partial charge is 0.314 e. The molecule has 0 saturated heterocycles. The molecule has 2 aliphatic rings. The lowest BCUT2D eigenvalue weighted by molar-refractivity contribution is 0.271. The van der Waals surface area contributed by atoms with Gasteiger partial charge in [-0.25, -0.2) is 0 Å². The predicted molar refractivity (Wildman–Crippen MR) is 56.8 cm³/mol. The highest BCUT2D eigenvalue weighted by molar-refractivity contribution is 4.79. The van der Waals surface area contributed by atoms with Crippen LogP contribution in [0.1, 0.15) is 51.9 Å². The molecule has 0 amide bonds. The monoisotopic (exact) mass is 181 g/mol. The van der Waals surface area contributed by atoms with E-state index in [-0.39, 0.29) is 0 Å². The Morgan fingerprint density at radius 3 is 2.31 bits per heavy atom. The molecule has 1 N–H and O–H groups in total. The number of nitrogens with one attached hydrogen (secondary N) is 1. The standard InChI is InChI=1S/C12H23N/c1-10(12-7-2-3-8-12)13-9-11-5-4-6-11/h10-13H,2-9H2,1H3/t10-/m0/s1. The Morgan fingerprint density at radius 2 is 1.77 bits per heavy atom. The van der Waals surface area contributed by atoms with Gasteiger partial charge in [-0.05, 0) is 51.0 Å². The Hall–Kier alpha value is -0.0400. The highest BCUT2D eigenvalue weighted by Gasteiger charge is 2.23. The minimum absolute atomic E-state index is 0.781. The molecule has 2 aliphatic carbocycles. The van der Waals surface area contributed by atoms with E-state index in [0.717, 1.165) is 17.9 Å². The van der Waals surface area contributed by atoms with Crippen LogP contribution in [0, 0.1) is 11.8 Å². The first-order chi connectivity index (χ1) is 6.36. The molecule has 0 radical (unpaired) electrons. The van der Waals surface area contributed by atoms with Crippen LogP contribution >= 0.6 is 0 Å². The maximum atomic E-state index is 3.73. The van der Waals surface area contributed by atoms with Crippen LogP contribution in [-0.2, 0) is 0 Å². The van der Waals surface area contributed by atoms with Crippen molar-refractivity contribution in [1.29, 1.82) is 0 Å². The van der Waals surface area contributed by atoms with Crippen molar-refractivity contribution in [2.75, 3.05) is 6.54 Å². The molecule has 2 fully saturated rings. The maximum absolute atomic E-state index is 3.73. The summed E-state index contributed by atoms with van der Waals surface area (Å²) in [5.74, 6) is 2.00. The van der Waals surface area contributed by atoms with Gasteiger partial charge < -0.3 is 5.32 Å². The van der Waals surface area contributed by atoms with Crippen LogP contribution in [0.2, 0.25) is 0 Å². The van der Waals surface area contributed by atoms with Gasteiger partial charge in [0.05, 0.1) is 0 Å². The Morgan fingerprint density at radius 1 is 1.08 bits per heavy atom. The fourth-order valence-electron chi connectivity index (χ4n) is 2.67. The molecule has 0 heterocycles. The first-order valence-corrected chi connectivity index (χ1v) is 6.09. The average molecular weight is 181 g/mol. The number of hydrogen-bond donors (Lipinski definition) is 1. The molecular weight excluding hydrogens is 158 g/mol. The maximum Gasteiger partial charge on any atom is 0.00671 e. The van der Waals surface area contributed by atoms with Crippen LogP contribution in [0.25, 0.3) is 0 Å². The van der Waals surface area contributed by atoms with E-state index >= 15 is 0 Å². The predicted octanol–water partition coefficient (Wildman–Crippen LogP) is 2.95. The molecule has 1 nitrogen and oxygen atoms in total. The summed E-state index contributed by atoms with van der Waals surface area (Å²) in [4.78, 5) is 0. The van der Waals surface area contributed by atoms with E-state index in [1.54, 1.807) is 0 Å². The summed E-state index contributed by atoms with van der Waals surface area (Å²) >= 11 is 0. The lowest BCUT2D eigenvalue weighted by Crippen LogP contribution is -2.37. The van der Waals surface area contributed by atoms with E-state index < -0.39 is 0 Å². The van der Waals surface area contributed by atoms with Crippen LogP contribution in [0.4, 0.5) is 0 Å². The Balaban J connectivity index is 1.62. The van der Waals surface area contributed by atoms with Crippen molar-refractivity contribution in [3.63, 3.8) is 0 Å². The van der Waals surface area contributed by atoms with Crippen molar-refractivity contribution >= 4 is 0 Å². The first kappa shape index (κ1) is 9.51. The summed E-state index contributed by atoms with van der Waals surface area (Å²) < 4.78 is 0. The van der Waals surface area contributed by atoms with Crippen LogP contribution in [-0.4, -0.2) is 12.6 Å². The van der Waals surface area contributed by atoms with E-state index in [0.29, 0.717) is 0 Å². The van der Waals surface area contributed by atoms with Gasteiger partial charge >= 0.3 is 0 Å². The topological polar surface area (TPSA) is 12.0 Å². The summed E-state index contributed by atoms with van der Waals surface area (Å²) in [6, 6.07) is 0.781. The van der Waals surface area contributed by atoms with Gasteiger partial charge in [0.2, 0.25) is 0 Å². The van der Waals surface area contributed by atoms with Gasteiger partial charge in [-0.1, -0.05) is 19.3 Å². The van der Waals surface area contributed by atoms with Crippen molar-refractivity contribution in [2.45, 2.75) is 57.9 Å². The van der Waals surface area contributed by atoms with E-state index in [2.05, 4.69) is 12.2 Å². The minimum Gasteiger partial charge on any atom is -0.314 e. The van der Waals surface area contributed by atoms with E-state index in [1.165, 1.54) is 51.5 Å². The van der Waals surface area contributed by atoms with Gasteiger partial charge in [-0.3, -0.25) is 0 Å². The quantitative estimate of drug-likeness (QED) is 0.703. The lowest BCUT2D eigenvalue weighted by Gasteiger charge is -2.29. The summed E-state index contributed by atoms with van der Waals surface area (Å²) in [5.41, 5.74) is 0. The Labute approximate surface area is 82.3 Å². The molecule has 76 valence electrons. The third-order valence-corrected chi connectivity index (χ3v) is 4.06. The van der Waals surface area contributed by atoms with Crippen molar-refractivity contribution in [3.05, 3.63) is 0 Å². The molecule has 0 aromatic rings. The van der Waals surface area contributed by atoms with E-state index in [1.807, 2.05) is 0 Å². The second kappa shape index (κ2) is 4.45. The highest BCUT2D eigenvalue weighted by atomic mass is 14.9. The zero-order valence-corrected chi connectivity index (χ0v) is 8.89. The fraction of sp³-hybridized carbons (Fsp3) is 1.00. The Kier molecular flexibility index (Phi) is 3.26. The molecule has 1 heteroatoms. The lowest BCUT2D eigenvalue weighted by atomic mass is 9.85. The highest BCUT2D eigenvalue weighted by Crippen LogP contribution is 2.29. The smallest absolute Gasteiger partial charge is 0.00671 e. The van der Waals surface area contributed by atoms with Crippen molar-refractivity contribution < 1.29 is 0 Å². The first-order valence-electron chi connectivity index (χ1n) is 6.09. The van der Waals surface area contributed by atoms with E-state index in [4.69, 9.17) is 0 Å². The zero-order valence-electron chi connectivity index (χ0n) is 8.89. The zero-order chi connectivity index (χ0) is 9.10. The van der Waals surface area contributed by atoms with Crippen molar-refractivity contribution in [3.8, 4) is 0 Å². The molecule has 0 bridgehead atoms. The summed E-state index contributed by atoms with van der Waals surface area (Å²) in [6.07, 6.45) is 10.3. The molecular formula is C12H23N. The van der Waals surface area contributed by atoms with E-state index in [9.17, 15) is 0 Å². The van der Waals surface area contributed by atoms with Gasteiger partial charge in [0.15, 0.2) is 0 Å². The summed E-state index contributed by atoms with van der Waals surface area (Å²) in [7, 11) is 0. The second-order valence-electron chi connectivity index (χ2n) is 5.04. The molecule has 0 spiro atoms. The molecule has 13 heavy (non-hydrogen) atoms. The van der Waals surface area contributed by atoms with Crippen LogP contribution in [0.15, 0.2) is 0 Å². The Bertz CT molecular complexity index is 145. The molecule has 1 atom stereocenters. The molecule has 0 aromatic carbocycles. The third-order valence-electron chi connectivity index (χ3n) is 4.06. The third kappa shape index (κ3) is 2.46. The second-order valence-corrected chi connectivity index (χ2v) is 5.04. The molecule has 2 rings (SSSR count). The summed E-state index contributed by atoms with van der Waals surface area (Å²) in [5, 5.41) is 3.73. The fourth-order valence-corrected chi connectivity index (χ4v) is 2.67. The average Bonchev–Trinajstić information content (AvgIpc) is 2.52. The van der Waals surface area contributed by atoms with Gasteiger partial charge in [0.25, 0.3) is 0 Å². The molecule has 2 saturated carbocycles. The van der Waals surface area contributed by atoms with Crippen LogP contribution in [0.3, 0.4) is 0 Å².